The SMILES string of the molecule is [CH2]N1CC(O)=C(C#N)C1=O. The van der Waals surface area contributed by atoms with E-state index in [9.17, 15) is 4.79 Å². The van der Waals surface area contributed by atoms with Crippen LogP contribution in [0.2, 0.25) is 0 Å². The highest BCUT2D eigenvalue weighted by molar-refractivity contribution is 6.00. The van der Waals surface area contributed by atoms with E-state index in [2.05, 4.69) is 7.05 Å². The summed E-state index contributed by atoms with van der Waals surface area (Å²) in [6, 6.07) is 1.59. The van der Waals surface area contributed by atoms with E-state index < -0.39 is 5.91 Å². The minimum absolute atomic E-state index is 0.0434. The summed E-state index contributed by atoms with van der Waals surface area (Å²) in [7, 11) is 3.30. The Balaban J connectivity index is 2.99. The van der Waals surface area contributed by atoms with Gasteiger partial charge in [0.2, 0.25) is 0 Å². The van der Waals surface area contributed by atoms with Crippen LogP contribution in [0.5, 0.6) is 0 Å². The van der Waals surface area contributed by atoms with E-state index in [0.717, 1.165) is 4.90 Å². The number of aliphatic hydroxyl groups excluding tert-OH is 1. The van der Waals surface area contributed by atoms with Gasteiger partial charge in [0.15, 0.2) is 5.57 Å². The largest absolute Gasteiger partial charge is 0.509 e. The van der Waals surface area contributed by atoms with Gasteiger partial charge in [0.05, 0.1) is 6.54 Å². The molecule has 1 rings (SSSR count). The fourth-order valence-electron chi connectivity index (χ4n) is 0.726. The lowest BCUT2D eigenvalue weighted by Crippen LogP contribution is -2.18. The van der Waals surface area contributed by atoms with Crippen molar-refractivity contribution in [2.45, 2.75) is 0 Å². The lowest BCUT2D eigenvalue weighted by molar-refractivity contribution is -0.123. The Morgan fingerprint density at radius 3 is 2.60 bits per heavy atom. The molecule has 0 aromatic heterocycles. The average molecular weight is 137 g/mol. The van der Waals surface area contributed by atoms with Crippen LogP contribution < -0.4 is 0 Å². The number of aliphatic hydroxyl groups is 1. The van der Waals surface area contributed by atoms with Crippen LogP contribution in [-0.2, 0) is 4.79 Å². The maximum atomic E-state index is 10.8. The summed E-state index contributed by atoms with van der Waals surface area (Å²) in [5, 5.41) is 17.2. The molecule has 0 saturated carbocycles. The first kappa shape index (κ1) is 6.62. The molecule has 4 nitrogen and oxygen atoms in total. The predicted molar refractivity (Wildman–Crippen MR) is 32.3 cm³/mol. The van der Waals surface area contributed by atoms with Crippen LogP contribution in [-0.4, -0.2) is 22.5 Å². The maximum absolute atomic E-state index is 10.8. The van der Waals surface area contributed by atoms with Crippen LogP contribution in [0.4, 0.5) is 0 Å². The van der Waals surface area contributed by atoms with E-state index in [1.807, 2.05) is 0 Å². The van der Waals surface area contributed by atoms with E-state index in [0.29, 0.717) is 0 Å². The van der Waals surface area contributed by atoms with Crippen molar-refractivity contribution in [2.24, 2.45) is 0 Å². The van der Waals surface area contributed by atoms with Crippen LogP contribution in [0.15, 0.2) is 11.3 Å². The first-order chi connectivity index (χ1) is 4.66. The predicted octanol–water partition coefficient (Wildman–Crippen LogP) is -0.0441. The Hall–Kier alpha value is -1.50. The Kier molecular flexibility index (Phi) is 1.34. The monoisotopic (exact) mass is 137 g/mol. The van der Waals surface area contributed by atoms with Crippen LogP contribution in [0.1, 0.15) is 0 Å². The summed E-state index contributed by atoms with van der Waals surface area (Å²) >= 11 is 0. The summed E-state index contributed by atoms with van der Waals surface area (Å²) in [5.41, 5.74) is -0.199. The molecular formula is C6H5N2O2. The molecule has 0 atom stereocenters. The highest BCUT2D eigenvalue weighted by Gasteiger charge is 2.27. The van der Waals surface area contributed by atoms with Gasteiger partial charge in [0, 0.05) is 7.05 Å². The van der Waals surface area contributed by atoms with Crippen LogP contribution in [0.3, 0.4) is 0 Å². The van der Waals surface area contributed by atoms with Gasteiger partial charge >= 0.3 is 0 Å². The zero-order valence-corrected chi connectivity index (χ0v) is 5.16. The number of hydrogen-bond acceptors (Lipinski definition) is 3. The van der Waals surface area contributed by atoms with Gasteiger partial charge in [0.1, 0.15) is 11.8 Å². The summed E-state index contributed by atoms with van der Waals surface area (Å²) in [6.07, 6.45) is 0. The van der Waals surface area contributed by atoms with Gasteiger partial charge in [-0.1, -0.05) is 0 Å². The van der Waals surface area contributed by atoms with Gasteiger partial charge in [0.25, 0.3) is 5.91 Å². The van der Waals surface area contributed by atoms with Crippen molar-refractivity contribution in [3.8, 4) is 6.07 Å². The number of nitriles is 1. The molecule has 0 spiro atoms. The number of carbonyl (C=O) groups is 1. The zero-order chi connectivity index (χ0) is 7.72. The number of amides is 1. The molecule has 1 N–H and O–H groups in total. The van der Waals surface area contributed by atoms with Crippen LogP contribution >= 0.6 is 0 Å². The van der Waals surface area contributed by atoms with Crippen LogP contribution in [0, 0.1) is 18.4 Å². The van der Waals surface area contributed by atoms with E-state index in [-0.39, 0.29) is 17.9 Å². The normalized spacial score (nSPS) is 18.0. The quantitative estimate of drug-likeness (QED) is 0.509. The first-order valence-electron chi connectivity index (χ1n) is 2.61. The highest BCUT2D eigenvalue weighted by Crippen LogP contribution is 2.14. The standard InChI is InChI=1S/C6H5N2O2/c1-8-3-5(9)4(2-7)6(8)10/h9H,1,3H2. The molecule has 51 valence electrons. The molecular weight excluding hydrogens is 132 g/mol. The smallest absolute Gasteiger partial charge is 0.268 e. The van der Waals surface area contributed by atoms with Crippen molar-refractivity contribution in [2.75, 3.05) is 6.54 Å². The van der Waals surface area contributed by atoms with Crippen molar-refractivity contribution >= 4 is 5.91 Å². The van der Waals surface area contributed by atoms with E-state index in [1.54, 1.807) is 6.07 Å². The van der Waals surface area contributed by atoms with Gasteiger partial charge in [-0.15, -0.1) is 0 Å². The van der Waals surface area contributed by atoms with Gasteiger partial charge in [-0.05, 0) is 0 Å². The molecule has 0 saturated heterocycles. The Morgan fingerprint density at radius 1 is 1.80 bits per heavy atom. The summed E-state index contributed by atoms with van der Waals surface area (Å²) in [5.74, 6) is -0.706. The first-order valence-corrected chi connectivity index (χ1v) is 2.61. The average Bonchev–Trinajstić information content (AvgIpc) is 2.09. The fraction of sp³-hybridized carbons (Fsp3) is 0.167. The number of carbonyl (C=O) groups excluding carboxylic acids is 1. The van der Waals surface area contributed by atoms with Crippen LogP contribution in [0.25, 0.3) is 0 Å². The summed E-state index contributed by atoms with van der Waals surface area (Å²) < 4.78 is 0. The Labute approximate surface area is 58.0 Å². The van der Waals surface area contributed by atoms with Gasteiger partial charge in [-0.25, -0.2) is 0 Å². The molecule has 0 aromatic carbocycles. The zero-order valence-electron chi connectivity index (χ0n) is 5.16. The second-order valence-corrected chi connectivity index (χ2v) is 1.94. The summed E-state index contributed by atoms with van der Waals surface area (Å²) in [6.45, 7) is 0.0434. The lowest BCUT2D eigenvalue weighted by Gasteiger charge is -2.03. The molecule has 10 heavy (non-hydrogen) atoms. The molecule has 4 heteroatoms. The second-order valence-electron chi connectivity index (χ2n) is 1.94. The molecule has 1 heterocycles. The fourth-order valence-corrected chi connectivity index (χ4v) is 0.726. The van der Waals surface area contributed by atoms with Crippen molar-refractivity contribution in [3.05, 3.63) is 18.4 Å². The van der Waals surface area contributed by atoms with Gasteiger partial charge in [-0.3, -0.25) is 4.79 Å². The van der Waals surface area contributed by atoms with E-state index in [4.69, 9.17) is 10.4 Å². The van der Waals surface area contributed by atoms with Crippen molar-refractivity contribution in [1.29, 1.82) is 5.26 Å². The highest BCUT2D eigenvalue weighted by atomic mass is 16.3. The van der Waals surface area contributed by atoms with Crippen molar-refractivity contribution < 1.29 is 9.90 Å². The molecule has 0 fully saturated rings. The van der Waals surface area contributed by atoms with Gasteiger partial charge in [-0.2, -0.15) is 5.26 Å². The van der Waals surface area contributed by atoms with Crippen molar-refractivity contribution in [1.82, 2.24) is 4.90 Å². The third kappa shape index (κ3) is 0.722. The second kappa shape index (κ2) is 2.03. The van der Waals surface area contributed by atoms with E-state index in [1.165, 1.54) is 0 Å². The number of nitrogens with zero attached hydrogens (tertiary/aromatic N) is 2. The topological polar surface area (TPSA) is 64.3 Å². The Bertz CT molecular complexity index is 249. The molecule has 0 bridgehead atoms. The maximum Gasteiger partial charge on any atom is 0.268 e. The molecule has 1 aliphatic rings. The molecule has 1 aliphatic heterocycles. The van der Waals surface area contributed by atoms with Crippen molar-refractivity contribution in [3.63, 3.8) is 0 Å². The molecule has 1 amide bonds. The summed E-state index contributed by atoms with van der Waals surface area (Å²) in [4.78, 5) is 11.8. The molecule has 0 aromatic rings. The minimum Gasteiger partial charge on any atom is -0.509 e. The molecule has 0 aliphatic carbocycles. The molecule has 1 radical (unpaired) electrons. The minimum atomic E-state index is -0.514. The molecule has 0 unspecified atom stereocenters. The Morgan fingerprint density at radius 2 is 2.40 bits per heavy atom. The third-order valence-electron chi connectivity index (χ3n) is 1.24. The van der Waals surface area contributed by atoms with E-state index >= 15 is 0 Å². The number of hydrogen-bond donors (Lipinski definition) is 1. The van der Waals surface area contributed by atoms with Gasteiger partial charge < -0.3 is 10.0 Å². The number of rotatable bonds is 0. The third-order valence-corrected chi connectivity index (χ3v) is 1.24. The lowest BCUT2D eigenvalue weighted by atomic mass is 10.3.